The Kier molecular flexibility index (Phi) is 2.74. The maximum Gasteiger partial charge on any atom is 0.269 e. The van der Waals surface area contributed by atoms with Crippen molar-refractivity contribution in [2.24, 2.45) is 5.73 Å². The zero-order valence-electron chi connectivity index (χ0n) is 6.95. The predicted octanol–water partition coefficient (Wildman–Crippen LogP) is 0.528. The molecule has 12 heavy (non-hydrogen) atoms. The Morgan fingerprint density at radius 2 is 2.17 bits per heavy atom. The third-order valence-corrected chi connectivity index (χ3v) is 1.49. The van der Waals surface area contributed by atoms with E-state index in [1.165, 1.54) is 6.20 Å². The minimum Gasteiger partial charge on any atom is -0.364 e. The maximum atomic E-state index is 10.8. The Balaban J connectivity index is 3.00. The number of carbonyl (C=O) groups excluding carboxylic acids is 1. The van der Waals surface area contributed by atoms with Gasteiger partial charge in [0.1, 0.15) is 5.69 Å². The van der Waals surface area contributed by atoms with Crippen molar-refractivity contribution in [2.75, 3.05) is 0 Å². The summed E-state index contributed by atoms with van der Waals surface area (Å²) in [4.78, 5) is 18.7. The van der Waals surface area contributed by atoms with Gasteiger partial charge < -0.3 is 5.73 Å². The van der Waals surface area contributed by atoms with Gasteiger partial charge in [-0.2, -0.15) is 0 Å². The highest BCUT2D eigenvalue weighted by atomic mass is 16.1. The minimum absolute atomic E-state index is 0.291. The first-order valence-electron chi connectivity index (χ1n) is 3.85. The molecular weight excluding hydrogens is 154 g/mol. The summed E-state index contributed by atoms with van der Waals surface area (Å²) < 4.78 is 0. The zero-order chi connectivity index (χ0) is 8.97. The van der Waals surface area contributed by atoms with Crippen LogP contribution in [0.15, 0.2) is 12.4 Å². The summed E-state index contributed by atoms with van der Waals surface area (Å²) in [5, 5.41) is 0. The van der Waals surface area contributed by atoms with Crippen LogP contribution in [0.25, 0.3) is 0 Å². The van der Waals surface area contributed by atoms with Crippen molar-refractivity contribution in [1.82, 2.24) is 9.97 Å². The highest BCUT2D eigenvalue weighted by Crippen LogP contribution is 2.02. The van der Waals surface area contributed by atoms with Crippen molar-refractivity contribution >= 4 is 5.91 Å². The van der Waals surface area contributed by atoms with E-state index in [0.29, 0.717) is 11.4 Å². The van der Waals surface area contributed by atoms with Gasteiger partial charge in [0.25, 0.3) is 5.91 Å². The second-order valence-corrected chi connectivity index (χ2v) is 2.47. The Bertz CT molecular complexity index is 285. The fraction of sp³-hybridized carbons (Fsp3) is 0.375. The van der Waals surface area contributed by atoms with Crippen LogP contribution >= 0.6 is 0 Å². The van der Waals surface area contributed by atoms with E-state index in [9.17, 15) is 4.79 Å². The second kappa shape index (κ2) is 3.80. The predicted molar refractivity (Wildman–Crippen MR) is 44.5 cm³/mol. The number of aryl methyl sites for hydroxylation is 1. The van der Waals surface area contributed by atoms with Crippen LogP contribution in [-0.2, 0) is 6.42 Å². The average molecular weight is 165 g/mol. The maximum absolute atomic E-state index is 10.8. The molecule has 0 saturated heterocycles. The smallest absolute Gasteiger partial charge is 0.269 e. The highest BCUT2D eigenvalue weighted by Gasteiger charge is 2.08. The summed E-state index contributed by atoms with van der Waals surface area (Å²) in [6, 6.07) is 0. The van der Waals surface area contributed by atoms with Crippen molar-refractivity contribution in [3.8, 4) is 0 Å². The molecule has 1 rings (SSSR count). The van der Waals surface area contributed by atoms with Crippen molar-refractivity contribution in [3.63, 3.8) is 0 Å². The van der Waals surface area contributed by atoms with E-state index in [0.717, 1.165) is 12.8 Å². The van der Waals surface area contributed by atoms with Gasteiger partial charge in [-0.05, 0) is 6.42 Å². The van der Waals surface area contributed by atoms with Gasteiger partial charge in [0.15, 0.2) is 0 Å². The molecule has 0 radical (unpaired) electrons. The van der Waals surface area contributed by atoms with Gasteiger partial charge in [0, 0.05) is 12.4 Å². The summed E-state index contributed by atoms with van der Waals surface area (Å²) in [7, 11) is 0. The highest BCUT2D eigenvalue weighted by molar-refractivity contribution is 5.91. The van der Waals surface area contributed by atoms with Crippen molar-refractivity contribution in [1.29, 1.82) is 0 Å². The number of primary amides is 1. The molecule has 4 heteroatoms. The van der Waals surface area contributed by atoms with Gasteiger partial charge in [-0.1, -0.05) is 13.3 Å². The molecule has 1 amide bonds. The molecular formula is C8H11N3O. The van der Waals surface area contributed by atoms with Crippen LogP contribution in [0.5, 0.6) is 0 Å². The van der Waals surface area contributed by atoms with E-state index in [2.05, 4.69) is 9.97 Å². The van der Waals surface area contributed by atoms with Crippen molar-refractivity contribution in [2.45, 2.75) is 19.8 Å². The van der Waals surface area contributed by atoms with Crippen LogP contribution in [0, 0.1) is 0 Å². The molecule has 2 N–H and O–H groups in total. The molecule has 0 bridgehead atoms. The third-order valence-electron chi connectivity index (χ3n) is 1.49. The molecule has 0 aliphatic carbocycles. The molecule has 0 aromatic carbocycles. The average Bonchev–Trinajstić information content (AvgIpc) is 2.05. The molecule has 0 saturated carbocycles. The van der Waals surface area contributed by atoms with E-state index in [1.807, 2.05) is 6.92 Å². The van der Waals surface area contributed by atoms with E-state index in [4.69, 9.17) is 5.73 Å². The summed E-state index contributed by atoms with van der Waals surface area (Å²) in [6.45, 7) is 2.01. The summed E-state index contributed by atoms with van der Waals surface area (Å²) in [5.74, 6) is -0.508. The molecule has 1 aromatic rings. The summed E-state index contributed by atoms with van der Waals surface area (Å²) in [5.41, 5.74) is 6.08. The quantitative estimate of drug-likeness (QED) is 0.710. The standard InChI is InChI=1S/C8H11N3O/c1-2-3-6-7(8(9)12)11-5-4-10-6/h4-5H,2-3H2,1H3,(H2,9,12). The van der Waals surface area contributed by atoms with Crippen LogP contribution in [0.4, 0.5) is 0 Å². The number of rotatable bonds is 3. The largest absolute Gasteiger partial charge is 0.364 e. The van der Waals surface area contributed by atoms with Gasteiger partial charge in [0.05, 0.1) is 5.69 Å². The number of nitrogens with two attached hydrogens (primary N) is 1. The lowest BCUT2D eigenvalue weighted by Gasteiger charge is -2.00. The topological polar surface area (TPSA) is 68.9 Å². The molecule has 0 spiro atoms. The van der Waals surface area contributed by atoms with Gasteiger partial charge in [0.2, 0.25) is 0 Å². The van der Waals surface area contributed by atoms with Crippen LogP contribution in [0.2, 0.25) is 0 Å². The fourth-order valence-corrected chi connectivity index (χ4v) is 0.992. The number of hydrogen-bond donors (Lipinski definition) is 1. The van der Waals surface area contributed by atoms with Crippen LogP contribution < -0.4 is 5.73 Å². The van der Waals surface area contributed by atoms with E-state index < -0.39 is 5.91 Å². The molecule has 4 nitrogen and oxygen atoms in total. The monoisotopic (exact) mass is 165 g/mol. The molecule has 0 atom stereocenters. The SMILES string of the molecule is CCCc1nccnc1C(N)=O. The molecule has 1 aromatic heterocycles. The normalized spacial score (nSPS) is 9.75. The minimum atomic E-state index is -0.508. The van der Waals surface area contributed by atoms with Crippen molar-refractivity contribution in [3.05, 3.63) is 23.8 Å². The lowest BCUT2D eigenvalue weighted by atomic mass is 10.2. The van der Waals surface area contributed by atoms with E-state index >= 15 is 0 Å². The van der Waals surface area contributed by atoms with Gasteiger partial charge >= 0.3 is 0 Å². The Labute approximate surface area is 70.8 Å². The Morgan fingerprint density at radius 1 is 1.50 bits per heavy atom. The van der Waals surface area contributed by atoms with Gasteiger partial charge in [-0.25, -0.2) is 4.98 Å². The third kappa shape index (κ3) is 1.78. The van der Waals surface area contributed by atoms with Gasteiger partial charge in [-0.15, -0.1) is 0 Å². The lowest BCUT2D eigenvalue weighted by Crippen LogP contribution is -2.16. The number of nitrogens with zero attached hydrogens (tertiary/aromatic N) is 2. The van der Waals surface area contributed by atoms with E-state index in [-0.39, 0.29) is 0 Å². The fourth-order valence-electron chi connectivity index (χ4n) is 0.992. The second-order valence-electron chi connectivity index (χ2n) is 2.47. The number of hydrogen-bond acceptors (Lipinski definition) is 3. The van der Waals surface area contributed by atoms with Crippen LogP contribution in [-0.4, -0.2) is 15.9 Å². The first kappa shape index (κ1) is 8.64. The summed E-state index contributed by atoms with van der Waals surface area (Å²) in [6.07, 6.45) is 4.71. The molecule has 64 valence electrons. The molecule has 1 heterocycles. The van der Waals surface area contributed by atoms with Crippen LogP contribution in [0.3, 0.4) is 0 Å². The first-order chi connectivity index (χ1) is 5.75. The molecule has 0 aliphatic heterocycles. The molecule has 0 unspecified atom stereocenters. The lowest BCUT2D eigenvalue weighted by molar-refractivity contribution is 0.0994. The molecule has 0 aliphatic rings. The van der Waals surface area contributed by atoms with Crippen molar-refractivity contribution < 1.29 is 4.79 Å². The first-order valence-corrected chi connectivity index (χ1v) is 3.85. The van der Waals surface area contributed by atoms with E-state index in [1.54, 1.807) is 6.20 Å². The Hall–Kier alpha value is -1.45. The zero-order valence-corrected chi connectivity index (χ0v) is 6.95. The number of amides is 1. The van der Waals surface area contributed by atoms with Crippen LogP contribution in [0.1, 0.15) is 29.5 Å². The Morgan fingerprint density at radius 3 is 2.75 bits per heavy atom. The summed E-state index contributed by atoms with van der Waals surface area (Å²) >= 11 is 0. The molecule has 0 fully saturated rings. The van der Waals surface area contributed by atoms with Gasteiger partial charge in [-0.3, -0.25) is 9.78 Å². The number of carbonyl (C=O) groups is 1. The number of aromatic nitrogens is 2.